The normalized spacial score (nSPS) is 15.8. The minimum absolute atomic E-state index is 0.00758. The number of halogens is 1. The number of aryl methyl sites for hydroxylation is 1. The van der Waals surface area contributed by atoms with Gasteiger partial charge in [-0.25, -0.2) is 24.2 Å². The van der Waals surface area contributed by atoms with Crippen LogP contribution >= 0.6 is 11.6 Å². The zero-order chi connectivity index (χ0) is 29.4. The summed E-state index contributed by atoms with van der Waals surface area (Å²) in [6.07, 6.45) is 0.688. The molecule has 1 aliphatic heterocycles. The van der Waals surface area contributed by atoms with Crippen molar-refractivity contribution in [2.45, 2.75) is 78.7 Å². The summed E-state index contributed by atoms with van der Waals surface area (Å²) in [5, 5.41) is 13.1. The SMILES string of the molecule is CCn1c(-c2nonc2NC(=O)OC(C)(C)C)nc2c(Cl)ncc(C(=O)N3CCC(NC(=O)OC(C)(C)C)C3)c21. The van der Waals surface area contributed by atoms with Crippen LogP contribution in [0.3, 0.4) is 0 Å². The number of aromatic nitrogens is 5. The number of ether oxygens (including phenoxy) is 2. The lowest BCUT2D eigenvalue weighted by molar-refractivity contribution is 0.0501. The van der Waals surface area contributed by atoms with Gasteiger partial charge in [0.2, 0.25) is 5.82 Å². The van der Waals surface area contributed by atoms with Gasteiger partial charge >= 0.3 is 12.2 Å². The molecular formula is C25H33ClN8O6. The third-order valence-corrected chi connectivity index (χ3v) is 6.06. The summed E-state index contributed by atoms with van der Waals surface area (Å²) >= 11 is 6.40. The van der Waals surface area contributed by atoms with Crippen LogP contribution in [0.15, 0.2) is 10.8 Å². The second-order valence-corrected chi connectivity index (χ2v) is 11.7. The van der Waals surface area contributed by atoms with E-state index in [0.29, 0.717) is 31.6 Å². The molecule has 1 unspecified atom stereocenters. The highest BCUT2D eigenvalue weighted by Crippen LogP contribution is 2.33. The Kier molecular flexibility index (Phi) is 7.92. The molecule has 40 heavy (non-hydrogen) atoms. The number of alkyl carbamates (subject to hydrolysis) is 1. The van der Waals surface area contributed by atoms with Crippen molar-refractivity contribution in [1.29, 1.82) is 0 Å². The molecule has 0 radical (unpaired) electrons. The number of carbonyl (C=O) groups is 3. The van der Waals surface area contributed by atoms with Gasteiger partial charge in [0.05, 0.1) is 17.1 Å². The van der Waals surface area contributed by atoms with Gasteiger partial charge in [-0.05, 0) is 65.2 Å². The van der Waals surface area contributed by atoms with E-state index in [4.69, 9.17) is 25.7 Å². The first kappa shape index (κ1) is 29.1. The molecule has 3 aromatic heterocycles. The van der Waals surface area contributed by atoms with Crippen molar-refractivity contribution < 1.29 is 28.5 Å². The molecule has 216 valence electrons. The predicted octanol–water partition coefficient (Wildman–Crippen LogP) is 4.24. The third-order valence-electron chi connectivity index (χ3n) is 5.79. The molecule has 1 fully saturated rings. The van der Waals surface area contributed by atoms with Crippen molar-refractivity contribution in [2.75, 3.05) is 18.4 Å². The zero-order valence-corrected chi connectivity index (χ0v) is 24.2. The number of pyridine rings is 1. The molecule has 1 aliphatic rings. The predicted molar refractivity (Wildman–Crippen MR) is 145 cm³/mol. The van der Waals surface area contributed by atoms with Crippen LogP contribution in [-0.4, -0.2) is 78.2 Å². The summed E-state index contributed by atoms with van der Waals surface area (Å²) in [5.41, 5.74) is -0.243. The van der Waals surface area contributed by atoms with Crippen LogP contribution in [0.4, 0.5) is 15.4 Å². The highest BCUT2D eigenvalue weighted by atomic mass is 35.5. The Morgan fingerprint density at radius 2 is 1.77 bits per heavy atom. The molecule has 1 atom stereocenters. The van der Waals surface area contributed by atoms with Gasteiger partial charge in [-0.2, -0.15) is 0 Å². The standard InChI is InChI=1S/C25H33ClN8O6/c1-8-34-17-14(21(35)33-10-9-13(12-33)28-22(36)38-24(2,3)4)11-27-18(26)15(17)29-20(34)16-19(32-40-31-16)30-23(37)39-25(5,6)7/h11,13H,8-10,12H2,1-7H3,(H,28,36)(H,30,32,37). The number of anilines is 1. The van der Waals surface area contributed by atoms with Gasteiger partial charge in [0, 0.05) is 25.8 Å². The lowest BCUT2D eigenvalue weighted by Crippen LogP contribution is -2.41. The maximum atomic E-state index is 13.7. The number of imidazole rings is 1. The fourth-order valence-electron chi connectivity index (χ4n) is 4.28. The first-order chi connectivity index (χ1) is 18.7. The van der Waals surface area contributed by atoms with Crippen molar-refractivity contribution in [1.82, 2.24) is 35.1 Å². The lowest BCUT2D eigenvalue weighted by atomic mass is 10.2. The van der Waals surface area contributed by atoms with E-state index < -0.39 is 23.4 Å². The molecule has 4 heterocycles. The molecule has 0 bridgehead atoms. The van der Waals surface area contributed by atoms with Crippen LogP contribution in [-0.2, 0) is 16.0 Å². The van der Waals surface area contributed by atoms with Crippen molar-refractivity contribution in [2.24, 2.45) is 0 Å². The summed E-state index contributed by atoms with van der Waals surface area (Å²) < 4.78 is 17.3. The van der Waals surface area contributed by atoms with E-state index in [1.807, 2.05) is 6.92 Å². The largest absolute Gasteiger partial charge is 0.444 e. The zero-order valence-electron chi connectivity index (χ0n) is 23.5. The molecule has 4 rings (SSSR count). The van der Waals surface area contributed by atoms with Crippen LogP contribution in [0.25, 0.3) is 22.6 Å². The molecule has 0 spiro atoms. The van der Waals surface area contributed by atoms with E-state index in [-0.39, 0.29) is 45.5 Å². The van der Waals surface area contributed by atoms with Crippen LogP contribution < -0.4 is 10.6 Å². The number of amides is 3. The third kappa shape index (κ3) is 6.43. The number of hydrogen-bond acceptors (Lipinski definition) is 10. The number of hydrogen-bond donors (Lipinski definition) is 2. The highest BCUT2D eigenvalue weighted by molar-refractivity contribution is 6.34. The molecule has 3 aromatic rings. The quantitative estimate of drug-likeness (QED) is 0.419. The van der Waals surface area contributed by atoms with Crippen LogP contribution in [0.5, 0.6) is 0 Å². The number of fused-ring (bicyclic) bond motifs is 1. The van der Waals surface area contributed by atoms with Crippen LogP contribution in [0.1, 0.15) is 65.2 Å². The van der Waals surface area contributed by atoms with Gasteiger partial charge in [-0.15, -0.1) is 0 Å². The van der Waals surface area contributed by atoms with Crippen molar-refractivity contribution >= 4 is 46.5 Å². The average molecular weight is 577 g/mol. The van der Waals surface area contributed by atoms with Gasteiger partial charge < -0.3 is 24.3 Å². The Hall–Kier alpha value is -3.94. The summed E-state index contributed by atoms with van der Waals surface area (Å²) in [6.45, 7) is 13.5. The smallest absolute Gasteiger partial charge is 0.413 e. The fraction of sp³-hybridized carbons (Fsp3) is 0.560. The number of likely N-dealkylation sites (tertiary alicyclic amines) is 1. The molecule has 0 saturated carbocycles. The minimum atomic E-state index is -0.747. The number of nitrogens with zero attached hydrogens (tertiary/aromatic N) is 6. The molecule has 0 aliphatic carbocycles. The maximum absolute atomic E-state index is 13.7. The highest BCUT2D eigenvalue weighted by Gasteiger charge is 2.33. The minimum Gasteiger partial charge on any atom is -0.444 e. The lowest BCUT2D eigenvalue weighted by Gasteiger charge is -2.22. The summed E-state index contributed by atoms with van der Waals surface area (Å²) in [7, 11) is 0. The Morgan fingerprint density at radius 1 is 1.10 bits per heavy atom. The molecule has 14 nitrogen and oxygen atoms in total. The molecular weight excluding hydrogens is 544 g/mol. The average Bonchev–Trinajstić information content (AvgIpc) is 3.55. The monoisotopic (exact) mass is 576 g/mol. The van der Waals surface area contributed by atoms with Gasteiger partial charge in [0.15, 0.2) is 16.7 Å². The summed E-state index contributed by atoms with van der Waals surface area (Å²) in [5.74, 6) is -0.0411. The van der Waals surface area contributed by atoms with Gasteiger partial charge in [-0.3, -0.25) is 10.1 Å². The molecule has 3 amide bonds. The van der Waals surface area contributed by atoms with Crippen LogP contribution in [0.2, 0.25) is 5.15 Å². The number of rotatable bonds is 5. The van der Waals surface area contributed by atoms with E-state index in [1.54, 1.807) is 51.0 Å². The first-order valence-electron chi connectivity index (χ1n) is 12.8. The number of carbonyl (C=O) groups excluding carboxylic acids is 3. The Morgan fingerprint density at radius 3 is 2.42 bits per heavy atom. The Balaban J connectivity index is 1.63. The van der Waals surface area contributed by atoms with E-state index in [2.05, 4.69) is 30.9 Å². The molecule has 2 N–H and O–H groups in total. The molecule has 0 aromatic carbocycles. The van der Waals surface area contributed by atoms with E-state index in [0.717, 1.165) is 0 Å². The maximum Gasteiger partial charge on any atom is 0.413 e. The van der Waals surface area contributed by atoms with Crippen molar-refractivity contribution in [3.63, 3.8) is 0 Å². The van der Waals surface area contributed by atoms with E-state index in [9.17, 15) is 14.4 Å². The second kappa shape index (κ2) is 10.9. The molecule has 1 saturated heterocycles. The van der Waals surface area contributed by atoms with Gasteiger partial charge in [0.25, 0.3) is 5.91 Å². The summed E-state index contributed by atoms with van der Waals surface area (Å²) in [6, 6.07) is -0.260. The fourth-order valence-corrected chi connectivity index (χ4v) is 4.46. The van der Waals surface area contributed by atoms with E-state index in [1.165, 1.54) is 6.20 Å². The number of nitrogens with one attached hydrogen (secondary N) is 2. The van der Waals surface area contributed by atoms with Crippen LogP contribution in [0, 0.1) is 0 Å². The second-order valence-electron chi connectivity index (χ2n) is 11.3. The molecule has 15 heteroatoms. The van der Waals surface area contributed by atoms with E-state index >= 15 is 0 Å². The van der Waals surface area contributed by atoms with Crippen molar-refractivity contribution in [3.05, 3.63) is 16.9 Å². The Bertz CT molecular complexity index is 1440. The van der Waals surface area contributed by atoms with Gasteiger partial charge in [-0.1, -0.05) is 11.6 Å². The van der Waals surface area contributed by atoms with Gasteiger partial charge in [0.1, 0.15) is 16.7 Å². The summed E-state index contributed by atoms with van der Waals surface area (Å²) in [4.78, 5) is 48.7. The van der Waals surface area contributed by atoms with Crippen molar-refractivity contribution in [3.8, 4) is 11.5 Å². The topological polar surface area (TPSA) is 167 Å². The Labute approximate surface area is 235 Å². The first-order valence-corrected chi connectivity index (χ1v) is 13.2.